The van der Waals surface area contributed by atoms with E-state index in [-0.39, 0.29) is 31.3 Å². The summed E-state index contributed by atoms with van der Waals surface area (Å²) in [6.45, 7) is 0.239. The molecule has 29 heavy (non-hydrogen) atoms. The summed E-state index contributed by atoms with van der Waals surface area (Å²) in [5.41, 5.74) is 1.39. The van der Waals surface area contributed by atoms with Gasteiger partial charge in [-0.1, -0.05) is 23.7 Å². The molecule has 0 radical (unpaired) electrons. The van der Waals surface area contributed by atoms with Gasteiger partial charge in [-0.3, -0.25) is 9.80 Å². The molecular formula is C20H24ClN5O3. The van der Waals surface area contributed by atoms with Crippen LogP contribution in [0.2, 0.25) is 5.02 Å². The Bertz CT molecular complexity index is 888. The Morgan fingerprint density at radius 2 is 1.97 bits per heavy atom. The number of carbonyl (C=O) groups is 1. The van der Waals surface area contributed by atoms with Gasteiger partial charge in [0.05, 0.1) is 36.5 Å². The van der Waals surface area contributed by atoms with Gasteiger partial charge >= 0.3 is 6.03 Å². The predicted molar refractivity (Wildman–Crippen MR) is 111 cm³/mol. The Morgan fingerprint density at radius 1 is 1.21 bits per heavy atom. The average Bonchev–Trinajstić information content (AvgIpc) is 2.72. The number of para-hydroxylation sites is 1. The number of urea groups is 1. The van der Waals surface area contributed by atoms with Gasteiger partial charge in [0.15, 0.2) is 0 Å². The van der Waals surface area contributed by atoms with E-state index in [1.54, 1.807) is 23.2 Å². The smallest absolute Gasteiger partial charge is 0.330 e. The minimum absolute atomic E-state index is 0.124. The summed E-state index contributed by atoms with van der Waals surface area (Å²) < 4.78 is 0. The number of aliphatic hydroxyl groups excluding tert-OH is 2. The zero-order valence-corrected chi connectivity index (χ0v) is 16.7. The second kappa shape index (κ2) is 8.52. The first-order valence-electron chi connectivity index (χ1n) is 9.81. The van der Waals surface area contributed by atoms with E-state index in [0.29, 0.717) is 29.0 Å². The number of β-amino-alcohol motifs (C(OH)–C–C–N with tert-alkyl or cyclic N) is 1. The molecule has 1 fully saturated rings. The number of carbonyl (C=O) groups excluding carboxylic acids is 1. The van der Waals surface area contributed by atoms with E-state index in [2.05, 4.69) is 15.3 Å². The third kappa shape index (κ3) is 4.14. The maximum Gasteiger partial charge on any atom is 0.330 e. The van der Waals surface area contributed by atoms with E-state index in [9.17, 15) is 15.0 Å². The van der Waals surface area contributed by atoms with Gasteiger partial charge in [0.25, 0.3) is 0 Å². The van der Waals surface area contributed by atoms with E-state index in [0.717, 1.165) is 31.2 Å². The lowest BCUT2D eigenvalue weighted by molar-refractivity contribution is 0.126. The monoisotopic (exact) mass is 417 g/mol. The van der Waals surface area contributed by atoms with Gasteiger partial charge in [0, 0.05) is 17.8 Å². The maximum absolute atomic E-state index is 13.1. The van der Waals surface area contributed by atoms with Crippen LogP contribution in [0.25, 0.3) is 0 Å². The molecule has 2 aromatic rings. The van der Waals surface area contributed by atoms with Gasteiger partial charge in [-0.15, -0.1) is 0 Å². The molecule has 2 heterocycles. The van der Waals surface area contributed by atoms with Crippen molar-refractivity contribution in [3.63, 3.8) is 0 Å². The number of hydrogen-bond acceptors (Lipinski definition) is 6. The molecule has 1 aromatic carbocycles. The number of fused-ring (bicyclic) bond motifs is 1. The number of benzene rings is 1. The molecule has 1 aliphatic carbocycles. The first-order chi connectivity index (χ1) is 14.1. The zero-order valence-electron chi connectivity index (χ0n) is 16.0. The molecule has 3 N–H and O–H groups in total. The molecule has 0 atom stereocenters. The molecule has 1 aromatic heterocycles. The molecule has 2 amide bonds. The molecule has 0 saturated heterocycles. The predicted octanol–water partition coefficient (Wildman–Crippen LogP) is 2.78. The SMILES string of the molecule is O=C1N(c2ccccc2Cl)Cc2cnc(N[C@H]3CC[C@H](O)CC3)nc2N1CCO. The zero-order chi connectivity index (χ0) is 20.4. The van der Waals surface area contributed by atoms with Gasteiger partial charge in [-0.05, 0) is 37.8 Å². The Kier molecular flexibility index (Phi) is 5.84. The minimum Gasteiger partial charge on any atom is -0.395 e. The first-order valence-corrected chi connectivity index (χ1v) is 10.2. The van der Waals surface area contributed by atoms with Crippen LogP contribution in [0.15, 0.2) is 30.5 Å². The minimum atomic E-state index is -0.287. The Morgan fingerprint density at radius 3 is 2.69 bits per heavy atom. The third-order valence-corrected chi connectivity index (χ3v) is 5.70. The Labute approximate surface area is 174 Å². The van der Waals surface area contributed by atoms with Crippen LogP contribution in [0.4, 0.5) is 22.2 Å². The van der Waals surface area contributed by atoms with E-state index in [1.807, 2.05) is 12.1 Å². The van der Waals surface area contributed by atoms with Crippen LogP contribution in [0.1, 0.15) is 31.2 Å². The van der Waals surface area contributed by atoms with Crippen LogP contribution in [-0.4, -0.2) is 51.5 Å². The first kappa shape index (κ1) is 19.9. The molecule has 154 valence electrons. The number of hydrogen-bond donors (Lipinski definition) is 3. The Balaban J connectivity index is 1.61. The summed E-state index contributed by atoms with van der Waals surface area (Å²) in [5.74, 6) is 0.952. The van der Waals surface area contributed by atoms with Crippen molar-refractivity contribution in [2.24, 2.45) is 0 Å². The van der Waals surface area contributed by atoms with E-state index < -0.39 is 0 Å². The van der Waals surface area contributed by atoms with Crippen molar-refractivity contribution in [3.05, 3.63) is 41.0 Å². The number of aliphatic hydroxyl groups is 2. The maximum atomic E-state index is 13.1. The van der Waals surface area contributed by atoms with Crippen molar-refractivity contribution in [2.45, 2.75) is 44.4 Å². The highest BCUT2D eigenvalue weighted by Gasteiger charge is 2.33. The summed E-state index contributed by atoms with van der Waals surface area (Å²) in [4.78, 5) is 25.2. The number of rotatable bonds is 5. The van der Waals surface area contributed by atoms with Crippen LogP contribution in [0, 0.1) is 0 Å². The fraction of sp³-hybridized carbons (Fsp3) is 0.450. The highest BCUT2D eigenvalue weighted by Crippen LogP contribution is 2.34. The van der Waals surface area contributed by atoms with E-state index in [1.165, 1.54) is 4.90 Å². The fourth-order valence-electron chi connectivity index (χ4n) is 3.85. The van der Waals surface area contributed by atoms with Gasteiger partial charge in [0.1, 0.15) is 5.82 Å². The normalized spacial score (nSPS) is 21.8. The standard InChI is InChI=1S/C20H24ClN5O3/c21-16-3-1-2-4-17(16)26-12-13-11-22-19(23-14-5-7-15(28)8-6-14)24-18(13)25(9-10-27)20(26)29/h1-4,11,14-15,27-28H,5-10,12H2,(H,22,23,24)/t14-,15-. The van der Waals surface area contributed by atoms with E-state index in [4.69, 9.17) is 11.6 Å². The fourth-order valence-corrected chi connectivity index (χ4v) is 4.09. The van der Waals surface area contributed by atoms with E-state index >= 15 is 0 Å². The highest BCUT2D eigenvalue weighted by molar-refractivity contribution is 6.34. The van der Waals surface area contributed by atoms with Crippen molar-refractivity contribution in [1.82, 2.24) is 9.97 Å². The molecule has 9 heteroatoms. The molecule has 4 rings (SSSR count). The lowest BCUT2D eigenvalue weighted by Gasteiger charge is -2.36. The number of nitrogens with zero attached hydrogens (tertiary/aromatic N) is 4. The Hall–Kier alpha value is -2.42. The molecule has 0 bridgehead atoms. The largest absolute Gasteiger partial charge is 0.395 e. The van der Waals surface area contributed by atoms with Gasteiger partial charge in [-0.25, -0.2) is 9.78 Å². The lowest BCUT2D eigenvalue weighted by atomic mass is 9.93. The second-order valence-corrected chi connectivity index (χ2v) is 7.79. The summed E-state index contributed by atoms with van der Waals surface area (Å²) in [6, 6.07) is 7.07. The summed E-state index contributed by atoms with van der Waals surface area (Å²) >= 11 is 6.30. The van der Waals surface area contributed by atoms with Crippen LogP contribution >= 0.6 is 11.6 Å². The van der Waals surface area contributed by atoms with Gasteiger partial charge in [0.2, 0.25) is 5.95 Å². The lowest BCUT2D eigenvalue weighted by Crippen LogP contribution is -2.49. The van der Waals surface area contributed by atoms with Crippen molar-refractivity contribution < 1.29 is 15.0 Å². The van der Waals surface area contributed by atoms with Gasteiger partial charge in [-0.2, -0.15) is 4.98 Å². The topological polar surface area (TPSA) is 102 Å². The highest BCUT2D eigenvalue weighted by atomic mass is 35.5. The van der Waals surface area contributed by atoms with Crippen LogP contribution < -0.4 is 15.1 Å². The molecule has 1 saturated carbocycles. The van der Waals surface area contributed by atoms with Crippen LogP contribution in [0.3, 0.4) is 0 Å². The van der Waals surface area contributed by atoms with Crippen molar-refractivity contribution in [2.75, 3.05) is 28.3 Å². The number of halogens is 1. The average molecular weight is 418 g/mol. The number of amides is 2. The molecule has 8 nitrogen and oxygen atoms in total. The van der Waals surface area contributed by atoms with Gasteiger partial charge < -0.3 is 15.5 Å². The number of nitrogens with one attached hydrogen (secondary N) is 1. The summed E-state index contributed by atoms with van der Waals surface area (Å²) in [5, 5.41) is 23.0. The molecule has 0 unspecified atom stereocenters. The summed E-state index contributed by atoms with van der Waals surface area (Å²) in [6.07, 6.45) is 4.69. The number of aromatic nitrogens is 2. The van der Waals surface area contributed by atoms with Crippen molar-refractivity contribution in [1.29, 1.82) is 0 Å². The second-order valence-electron chi connectivity index (χ2n) is 7.39. The molecule has 2 aliphatic rings. The molecule has 0 spiro atoms. The molecular weight excluding hydrogens is 394 g/mol. The van der Waals surface area contributed by atoms with Crippen LogP contribution in [-0.2, 0) is 6.54 Å². The quantitative estimate of drug-likeness (QED) is 0.691. The summed E-state index contributed by atoms with van der Waals surface area (Å²) in [7, 11) is 0. The third-order valence-electron chi connectivity index (χ3n) is 5.38. The number of anilines is 3. The van der Waals surface area contributed by atoms with Crippen LogP contribution in [0.5, 0.6) is 0 Å². The van der Waals surface area contributed by atoms with Crippen molar-refractivity contribution in [3.8, 4) is 0 Å². The molecule has 1 aliphatic heterocycles. The van der Waals surface area contributed by atoms with Crippen molar-refractivity contribution >= 4 is 35.1 Å².